The smallest absolute Gasteiger partial charge is 0.264 e. The zero-order chi connectivity index (χ0) is 22.5. The number of hydrogen-bond donors (Lipinski definition) is 1. The molecule has 0 atom stereocenters. The van der Waals surface area contributed by atoms with Gasteiger partial charge in [-0.25, -0.2) is 9.38 Å². The summed E-state index contributed by atoms with van der Waals surface area (Å²) in [5.41, 5.74) is 2.74. The number of halogens is 2. The third-order valence-corrected chi connectivity index (χ3v) is 6.01. The van der Waals surface area contributed by atoms with Crippen molar-refractivity contribution in [3.8, 4) is 11.8 Å². The predicted octanol–water partition coefficient (Wildman–Crippen LogP) is 5.93. The number of nitrogens with one attached hydrogen (secondary N) is 1. The van der Waals surface area contributed by atoms with E-state index in [0.717, 1.165) is 15.6 Å². The lowest BCUT2D eigenvalue weighted by atomic mass is 10.1. The number of aliphatic imine (C=N–C) groups is 1. The minimum Gasteiger partial charge on any atom is -0.488 e. The molecule has 4 rings (SSSR count). The average molecular weight is 508 g/mol. The molecule has 0 unspecified atom stereocenters. The summed E-state index contributed by atoms with van der Waals surface area (Å²) >= 11 is 4.72. The van der Waals surface area contributed by atoms with Gasteiger partial charge in [0, 0.05) is 5.56 Å². The Morgan fingerprint density at radius 1 is 1.16 bits per heavy atom. The normalized spacial score (nSPS) is 15.6. The standard InChI is InChI=1S/C24H15BrFN3O2S/c25-20-11-15(5-10-21(20)31-14-17-4-2-1-3-16(17)13-27)12-22-23(30)29-24(32-22)28-19-8-6-18(26)7-9-19/h1-12H,14H2,(H,28,29,30)/b22-12+. The Bertz CT molecular complexity index is 1280. The van der Waals surface area contributed by atoms with Gasteiger partial charge in [-0.15, -0.1) is 0 Å². The number of carbonyl (C=O) groups excluding carboxylic acids is 1. The molecule has 3 aromatic rings. The van der Waals surface area contributed by atoms with Crippen molar-refractivity contribution >= 4 is 50.5 Å². The Morgan fingerprint density at radius 3 is 2.69 bits per heavy atom. The summed E-state index contributed by atoms with van der Waals surface area (Å²) in [6.07, 6.45) is 1.76. The fourth-order valence-corrected chi connectivity index (χ4v) is 4.25. The summed E-state index contributed by atoms with van der Waals surface area (Å²) in [5, 5.41) is 12.3. The van der Waals surface area contributed by atoms with E-state index in [1.54, 1.807) is 30.3 Å². The molecule has 158 valence electrons. The Hall–Kier alpha value is -3.41. The van der Waals surface area contributed by atoms with Gasteiger partial charge in [0.15, 0.2) is 5.17 Å². The number of hydrogen-bond acceptors (Lipinski definition) is 5. The predicted molar refractivity (Wildman–Crippen MR) is 127 cm³/mol. The van der Waals surface area contributed by atoms with E-state index in [0.29, 0.717) is 27.1 Å². The van der Waals surface area contributed by atoms with Crippen molar-refractivity contribution in [1.29, 1.82) is 5.26 Å². The lowest BCUT2D eigenvalue weighted by molar-refractivity contribution is -0.115. The van der Waals surface area contributed by atoms with Crippen molar-refractivity contribution in [1.82, 2.24) is 5.32 Å². The Balaban J connectivity index is 1.46. The fourth-order valence-electron chi connectivity index (χ4n) is 2.90. The molecule has 0 aromatic heterocycles. The number of carbonyl (C=O) groups is 1. The molecule has 0 aliphatic carbocycles. The van der Waals surface area contributed by atoms with Crippen molar-refractivity contribution in [3.63, 3.8) is 0 Å². The van der Waals surface area contributed by atoms with Crippen LogP contribution in [0.25, 0.3) is 6.08 Å². The van der Waals surface area contributed by atoms with Gasteiger partial charge in [0.2, 0.25) is 0 Å². The summed E-state index contributed by atoms with van der Waals surface area (Å²) in [5.74, 6) is 0.0346. The van der Waals surface area contributed by atoms with Gasteiger partial charge >= 0.3 is 0 Å². The first kappa shape index (κ1) is 21.8. The first-order chi connectivity index (χ1) is 15.5. The molecular weight excluding hydrogens is 493 g/mol. The lowest BCUT2D eigenvalue weighted by Gasteiger charge is -2.10. The second kappa shape index (κ2) is 9.81. The summed E-state index contributed by atoms with van der Waals surface area (Å²) in [4.78, 5) is 17.1. The lowest BCUT2D eigenvalue weighted by Crippen LogP contribution is -2.19. The molecule has 1 N–H and O–H groups in total. The van der Waals surface area contributed by atoms with E-state index in [9.17, 15) is 14.4 Å². The van der Waals surface area contributed by atoms with Crippen LogP contribution >= 0.6 is 27.7 Å². The van der Waals surface area contributed by atoms with Crippen LogP contribution in [-0.2, 0) is 11.4 Å². The zero-order valence-electron chi connectivity index (χ0n) is 16.5. The molecule has 1 amide bonds. The molecule has 0 spiro atoms. The third-order valence-electron chi connectivity index (χ3n) is 4.48. The van der Waals surface area contributed by atoms with Crippen molar-refractivity contribution in [3.05, 3.63) is 98.6 Å². The Kier molecular flexibility index (Phi) is 6.69. The number of nitrogens with zero attached hydrogens (tertiary/aromatic N) is 2. The molecule has 5 nitrogen and oxygen atoms in total. The number of nitriles is 1. The van der Waals surface area contributed by atoms with Gasteiger partial charge in [0.1, 0.15) is 18.2 Å². The van der Waals surface area contributed by atoms with E-state index < -0.39 is 0 Å². The van der Waals surface area contributed by atoms with Crippen LogP contribution in [0.4, 0.5) is 10.1 Å². The Morgan fingerprint density at radius 2 is 1.94 bits per heavy atom. The molecule has 1 aliphatic heterocycles. The van der Waals surface area contributed by atoms with Gasteiger partial charge in [-0.05, 0) is 81.8 Å². The van der Waals surface area contributed by atoms with Crippen molar-refractivity contribution in [2.75, 3.05) is 0 Å². The van der Waals surface area contributed by atoms with Crippen LogP contribution in [0.15, 0.2) is 81.1 Å². The topological polar surface area (TPSA) is 74.5 Å². The summed E-state index contributed by atoms with van der Waals surface area (Å²) in [6.45, 7) is 0.268. The monoisotopic (exact) mass is 507 g/mol. The average Bonchev–Trinajstić information content (AvgIpc) is 3.13. The highest BCUT2D eigenvalue weighted by atomic mass is 79.9. The molecule has 1 fully saturated rings. The van der Waals surface area contributed by atoms with Crippen LogP contribution in [0.3, 0.4) is 0 Å². The zero-order valence-corrected chi connectivity index (χ0v) is 18.9. The van der Waals surface area contributed by atoms with E-state index in [1.165, 1.54) is 23.9 Å². The Labute approximate surface area is 196 Å². The van der Waals surface area contributed by atoms with Crippen molar-refractivity contribution < 1.29 is 13.9 Å². The molecule has 1 aliphatic rings. The summed E-state index contributed by atoms with van der Waals surface area (Å²) < 4.78 is 19.6. The first-order valence-electron chi connectivity index (χ1n) is 9.47. The van der Waals surface area contributed by atoms with Gasteiger partial charge in [-0.3, -0.25) is 4.79 Å². The van der Waals surface area contributed by atoms with Crippen LogP contribution in [0.1, 0.15) is 16.7 Å². The van der Waals surface area contributed by atoms with E-state index in [2.05, 4.69) is 32.3 Å². The molecule has 32 heavy (non-hydrogen) atoms. The molecule has 1 heterocycles. The number of rotatable bonds is 5. The van der Waals surface area contributed by atoms with Crippen LogP contribution in [0, 0.1) is 17.1 Å². The van der Waals surface area contributed by atoms with Gasteiger partial charge in [0.05, 0.1) is 26.7 Å². The second-order valence-corrected chi connectivity index (χ2v) is 8.59. The number of thioether (sulfide) groups is 1. The molecule has 0 radical (unpaired) electrons. The third kappa shape index (κ3) is 5.25. The maximum atomic E-state index is 13.0. The van der Waals surface area contributed by atoms with Gasteiger partial charge in [-0.2, -0.15) is 5.26 Å². The van der Waals surface area contributed by atoms with E-state index in [1.807, 2.05) is 30.3 Å². The first-order valence-corrected chi connectivity index (χ1v) is 11.1. The highest BCUT2D eigenvalue weighted by Gasteiger charge is 2.24. The summed E-state index contributed by atoms with van der Waals surface area (Å²) in [6, 6.07) is 20.6. The molecule has 1 saturated heterocycles. The van der Waals surface area contributed by atoms with Crippen molar-refractivity contribution in [2.24, 2.45) is 4.99 Å². The van der Waals surface area contributed by atoms with Gasteiger partial charge < -0.3 is 10.1 Å². The fraction of sp³-hybridized carbons (Fsp3) is 0.0417. The number of amides is 1. The largest absolute Gasteiger partial charge is 0.488 e. The highest BCUT2D eigenvalue weighted by Crippen LogP contribution is 2.31. The number of amidine groups is 1. The van der Waals surface area contributed by atoms with Crippen LogP contribution in [0.2, 0.25) is 0 Å². The molecular formula is C24H15BrFN3O2S. The summed E-state index contributed by atoms with van der Waals surface area (Å²) in [7, 11) is 0. The SMILES string of the molecule is N#Cc1ccccc1COc1ccc(/C=C2/SC(=Nc3ccc(F)cc3)NC2=O)cc1Br. The number of benzene rings is 3. The molecule has 0 saturated carbocycles. The minimum atomic E-state index is -0.343. The highest BCUT2D eigenvalue weighted by molar-refractivity contribution is 9.10. The minimum absolute atomic E-state index is 0.250. The molecule has 3 aromatic carbocycles. The van der Waals surface area contributed by atoms with E-state index in [4.69, 9.17) is 4.74 Å². The van der Waals surface area contributed by atoms with Crippen LogP contribution in [-0.4, -0.2) is 11.1 Å². The quantitative estimate of drug-likeness (QED) is 0.434. The second-order valence-electron chi connectivity index (χ2n) is 6.71. The molecule has 0 bridgehead atoms. The van der Waals surface area contributed by atoms with Crippen LogP contribution < -0.4 is 10.1 Å². The maximum absolute atomic E-state index is 13.0. The van der Waals surface area contributed by atoms with Crippen molar-refractivity contribution in [2.45, 2.75) is 6.61 Å². The van der Waals surface area contributed by atoms with E-state index >= 15 is 0 Å². The van der Waals surface area contributed by atoms with Gasteiger partial charge in [0.25, 0.3) is 5.91 Å². The molecule has 8 heteroatoms. The number of ether oxygens (including phenoxy) is 1. The maximum Gasteiger partial charge on any atom is 0.264 e. The van der Waals surface area contributed by atoms with Crippen LogP contribution in [0.5, 0.6) is 5.75 Å². The van der Waals surface area contributed by atoms with E-state index in [-0.39, 0.29) is 18.3 Å². The van der Waals surface area contributed by atoms with Gasteiger partial charge in [-0.1, -0.05) is 24.3 Å².